The van der Waals surface area contributed by atoms with Crippen LogP contribution in [0.15, 0.2) is 28.7 Å². The van der Waals surface area contributed by atoms with Crippen LogP contribution in [-0.4, -0.2) is 19.8 Å². The van der Waals surface area contributed by atoms with Crippen LogP contribution in [0.2, 0.25) is 0 Å². The molecule has 0 aromatic heterocycles. The molecule has 0 saturated heterocycles. The molecule has 3 heteroatoms. The largest absolute Gasteiger partial charge is 0.380 e. The highest BCUT2D eigenvalue weighted by Crippen LogP contribution is 2.09. The average molecular weight is 258 g/mol. The van der Waals surface area contributed by atoms with E-state index in [-0.39, 0.29) is 0 Å². The molecule has 0 atom stereocenters. The van der Waals surface area contributed by atoms with Gasteiger partial charge in [0.25, 0.3) is 0 Å². The lowest BCUT2D eigenvalue weighted by atomic mass is 10.2. The fraction of sp³-hybridized carbons (Fsp3) is 0.455. The van der Waals surface area contributed by atoms with E-state index in [1.54, 1.807) is 0 Å². The van der Waals surface area contributed by atoms with E-state index >= 15 is 0 Å². The number of hydrogen-bond donors (Lipinski definition) is 1. The van der Waals surface area contributed by atoms with Crippen LogP contribution >= 0.6 is 15.9 Å². The summed E-state index contributed by atoms with van der Waals surface area (Å²) in [6, 6.07) is 8.33. The maximum absolute atomic E-state index is 5.22. The molecule has 0 spiro atoms. The first kappa shape index (κ1) is 11.7. The summed E-state index contributed by atoms with van der Waals surface area (Å²) in [5.74, 6) is 0. The number of halogens is 1. The maximum atomic E-state index is 5.22. The molecule has 0 saturated carbocycles. The van der Waals surface area contributed by atoms with Gasteiger partial charge >= 0.3 is 0 Å². The Hall–Kier alpha value is -0.380. The molecule has 1 N–H and O–H groups in total. The highest BCUT2D eigenvalue weighted by molar-refractivity contribution is 9.10. The summed E-state index contributed by atoms with van der Waals surface area (Å²) in [5, 5.41) is 3.32. The monoisotopic (exact) mass is 257 g/mol. The van der Waals surface area contributed by atoms with Gasteiger partial charge in [0.15, 0.2) is 0 Å². The molecule has 0 bridgehead atoms. The lowest BCUT2D eigenvalue weighted by molar-refractivity contribution is 0.149. The van der Waals surface area contributed by atoms with Crippen molar-refractivity contribution in [1.82, 2.24) is 5.32 Å². The van der Waals surface area contributed by atoms with Gasteiger partial charge in [0.1, 0.15) is 0 Å². The van der Waals surface area contributed by atoms with Crippen molar-refractivity contribution in [3.05, 3.63) is 34.3 Å². The Balaban J connectivity index is 2.15. The van der Waals surface area contributed by atoms with Crippen molar-refractivity contribution in [1.29, 1.82) is 0 Å². The molecule has 1 aromatic rings. The van der Waals surface area contributed by atoms with Gasteiger partial charge in [0.2, 0.25) is 0 Å². The smallest absolute Gasteiger partial charge is 0.0590 e. The topological polar surface area (TPSA) is 21.3 Å². The molecule has 0 heterocycles. The second-order valence-electron chi connectivity index (χ2n) is 3.00. The zero-order valence-electron chi connectivity index (χ0n) is 8.42. The van der Waals surface area contributed by atoms with Crippen LogP contribution in [0, 0.1) is 0 Å². The highest BCUT2D eigenvalue weighted by atomic mass is 79.9. The van der Waals surface area contributed by atoms with Crippen molar-refractivity contribution in [3.63, 3.8) is 0 Å². The van der Waals surface area contributed by atoms with Crippen LogP contribution < -0.4 is 5.32 Å². The van der Waals surface area contributed by atoms with Gasteiger partial charge in [-0.15, -0.1) is 0 Å². The lowest BCUT2D eigenvalue weighted by Crippen LogP contribution is -2.19. The summed E-state index contributed by atoms with van der Waals surface area (Å²) in [4.78, 5) is 0. The highest BCUT2D eigenvalue weighted by Gasteiger charge is 1.92. The molecule has 0 unspecified atom stereocenters. The zero-order valence-corrected chi connectivity index (χ0v) is 10.0. The Morgan fingerprint density at radius 1 is 1.29 bits per heavy atom. The second kappa shape index (κ2) is 6.98. The van der Waals surface area contributed by atoms with Crippen LogP contribution in [0.3, 0.4) is 0 Å². The van der Waals surface area contributed by atoms with E-state index in [1.165, 1.54) is 5.56 Å². The van der Waals surface area contributed by atoms with Gasteiger partial charge in [0, 0.05) is 24.2 Å². The Kier molecular flexibility index (Phi) is 5.83. The normalized spacial score (nSPS) is 10.4. The van der Waals surface area contributed by atoms with Gasteiger partial charge in [-0.1, -0.05) is 28.1 Å². The maximum Gasteiger partial charge on any atom is 0.0590 e. The zero-order chi connectivity index (χ0) is 10.2. The molecule has 0 radical (unpaired) electrons. The minimum atomic E-state index is 0.785. The Morgan fingerprint density at radius 3 is 2.64 bits per heavy atom. The first-order valence-electron chi connectivity index (χ1n) is 4.86. The molecule has 0 amide bonds. The molecule has 14 heavy (non-hydrogen) atoms. The third-order valence-electron chi connectivity index (χ3n) is 1.87. The summed E-state index contributed by atoms with van der Waals surface area (Å²) in [7, 11) is 0. The van der Waals surface area contributed by atoms with Crippen LogP contribution in [-0.2, 0) is 11.3 Å². The van der Waals surface area contributed by atoms with E-state index in [2.05, 4.69) is 45.5 Å². The predicted octanol–water partition coefficient (Wildman–Crippen LogP) is 2.58. The van der Waals surface area contributed by atoms with Crippen molar-refractivity contribution in [2.75, 3.05) is 19.8 Å². The Morgan fingerprint density at radius 2 is 2.00 bits per heavy atom. The molecular formula is C11H16BrNO. The quantitative estimate of drug-likeness (QED) is 0.792. The van der Waals surface area contributed by atoms with Crippen LogP contribution in [0.1, 0.15) is 12.5 Å². The first-order valence-corrected chi connectivity index (χ1v) is 5.65. The van der Waals surface area contributed by atoms with Crippen molar-refractivity contribution in [2.45, 2.75) is 13.5 Å². The third kappa shape index (κ3) is 4.74. The standard InChI is InChI=1S/C11H16BrNO/c1-2-14-8-7-13-9-10-3-5-11(12)6-4-10/h3-6,13H,2,7-9H2,1H3. The summed E-state index contributed by atoms with van der Waals surface area (Å²) in [6.07, 6.45) is 0. The fourth-order valence-electron chi connectivity index (χ4n) is 1.12. The van der Waals surface area contributed by atoms with Crippen molar-refractivity contribution < 1.29 is 4.74 Å². The van der Waals surface area contributed by atoms with E-state index in [0.717, 1.165) is 30.8 Å². The van der Waals surface area contributed by atoms with Gasteiger partial charge in [-0.25, -0.2) is 0 Å². The third-order valence-corrected chi connectivity index (χ3v) is 2.40. The van der Waals surface area contributed by atoms with Gasteiger partial charge < -0.3 is 10.1 Å². The molecule has 0 aliphatic carbocycles. The number of nitrogens with one attached hydrogen (secondary N) is 1. The number of benzene rings is 1. The van der Waals surface area contributed by atoms with E-state index < -0.39 is 0 Å². The predicted molar refractivity (Wildman–Crippen MR) is 62.3 cm³/mol. The van der Waals surface area contributed by atoms with E-state index in [4.69, 9.17) is 4.74 Å². The van der Waals surface area contributed by atoms with Crippen LogP contribution in [0.4, 0.5) is 0 Å². The second-order valence-corrected chi connectivity index (χ2v) is 3.92. The van der Waals surface area contributed by atoms with Crippen LogP contribution in [0.25, 0.3) is 0 Å². The Labute approximate surface area is 93.8 Å². The Bertz CT molecular complexity index is 248. The number of ether oxygens (including phenoxy) is 1. The molecule has 78 valence electrons. The van der Waals surface area contributed by atoms with Crippen molar-refractivity contribution in [3.8, 4) is 0 Å². The lowest BCUT2D eigenvalue weighted by Gasteiger charge is -2.04. The average Bonchev–Trinajstić information content (AvgIpc) is 2.21. The molecular weight excluding hydrogens is 242 g/mol. The summed E-state index contributed by atoms with van der Waals surface area (Å²) >= 11 is 3.41. The van der Waals surface area contributed by atoms with Gasteiger partial charge in [-0.2, -0.15) is 0 Å². The molecule has 1 rings (SSSR count). The molecule has 0 aliphatic rings. The number of hydrogen-bond acceptors (Lipinski definition) is 2. The SMILES string of the molecule is CCOCCNCc1ccc(Br)cc1. The molecule has 1 aromatic carbocycles. The summed E-state index contributed by atoms with van der Waals surface area (Å²) < 4.78 is 6.34. The summed E-state index contributed by atoms with van der Waals surface area (Å²) in [5.41, 5.74) is 1.30. The van der Waals surface area contributed by atoms with Crippen molar-refractivity contribution in [2.24, 2.45) is 0 Å². The van der Waals surface area contributed by atoms with Gasteiger partial charge in [0.05, 0.1) is 6.61 Å². The number of rotatable bonds is 6. The molecule has 0 aliphatic heterocycles. The first-order chi connectivity index (χ1) is 6.83. The fourth-order valence-corrected chi connectivity index (χ4v) is 1.39. The summed E-state index contributed by atoms with van der Waals surface area (Å²) in [6.45, 7) is 5.39. The molecule has 2 nitrogen and oxygen atoms in total. The molecule has 0 fully saturated rings. The minimum absolute atomic E-state index is 0.785. The van der Waals surface area contributed by atoms with Gasteiger partial charge in [-0.05, 0) is 24.6 Å². The van der Waals surface area contributed by atoms with Crippen LogP contribution in [0.5, 0.6) is 0 Å². The minimum Gasteiger partial charge on any atom is -0.380 e. The van der Waals surface area contributed by atoms with E-state index in [9.17, 15) is 0 Å². The van der Waals surface area contributed by atoms with E-state index in [1.807, 2.05) is 6.92 Å². The van der Waals surface area contributed by atoms with Gasteiger partial charge in [-0.3, -0.25) is 0 Å². The van der Waals surface area contributed by atoms with Crippen molar-refractivity contribution >= 4 is 15.9 Å². The van der Waals surface area contributed by atoms with E-state index in [0.29, 0.717) is 0 Å².